The molecule has 1 N–H and O–H groups in total. The number of carbonyl (C=O) groups is 3. The highest BCUT2D eigenvalue weighted by Gasteiger charge is 2.17. The summed E-state index contributed by atoms with van der Waals surface area (Å²) in [5.74, 6) is -1.85. The van der Waals surface area contributed by atoms with E-state index in [2.05, 4.69) is 5.32 Å². The van der Waals surface area contributed by atoms with E-state index in [1.54, 1.807) is 30.3 Å². The van der Waals surface area contributed by atoms with Gasteiger partial charge in [-0.25, -0.2) is 27.9 Å². The summed E-state index contributed by atoms with van der Waals surface area (Å²) in [4.78, 5) is 38.4. The number of carbonyl (C=O) groups excluding carboxylic acids is 3. The summed E-state index contributed by atoms with van der Waals surface area (Å²) in [6.07, 6.45) is 11.8. The zero-order valence-electron chi connectivity index (χ0n) is 19.0. The molecule has 1 aromatic carbocycles. The van der Waals surface area contributed by atoms with Crippen LogP contribution in [0, 0.1) is 0 Å². The van der Waals surface area contributed by atoms with Gasteiger partial charge in [0, 0.05) is 13.1 Å². The Kier molecular flexibility index (Phi) is 8.48. The predicted octanol–water partition coefficient (Wildman–Crippen LogP) is -0.559. The van der Waals surface area contributed by atoms with Gasteiger partial charge >= 0.3 is 11.9 Å². The number of ether oxygens (including phenoxy) is 1. The molecule has 0 unspecified atom stereocenters. The first-order valence-corrected chi connectivity index (χ1v) is 10.7. The summed E-state index contributed by atoms with van der Waals surface area (Å²) in [5, 5.41) is 2.55. The third-order valence-electron chi connectivity index (χ3n) is 5.01. The van der Waals surface area contributed by atoms with E-state index in [-0.39, 0.29) is 24.6 Å². The molecule has 0 radical (unpaired) electrons. The number of imidazole rings is 2. The lowest BCUT2D eigenvalue weighted by molar-refractivity contribution is -0.671. The van der Waals surface area contributed by atoms with Gasteiger partial charge in [0.2, 0.25) is 18.6 Å². The average molecular weight is 455 g/mol. The Hall–Kier alpha value is -3.79. The van der Waals surface area contributed by atoms with E-state index >= 15 is 0 Å². The Morgan fingerprint density at radius 3 is 2.03 bits per heavy atom. The van der Waals surface area contributed by atoms with E-state index in [1.807, 2.05) is 74.7 Å². The second-order valence-corrected chi connectivity index (χ2v) is 7.81. The number of benzene rings is 1. The van der Waals surface area contributed by atoms with Crippen molar-refractivity contribution in [2.75, 3.05) is 26.2 Å². The average Bonchev–Trinajstić information content (AvgIpc) is 3.42. The van der Waals surface area contributed by atoms with Gasteiger partial charge in [0.15, 0.2) is 0 Å². The van der Waals surface area contributed by atoms with Gasteiger partial charge in [-0.05, 0) is 12.1 Å². The first-order valence-electron chi connectivity index (χ1n) is 10.7. The smallest absolute Gasteiger partial charge is 0.345 e. The van der Waals surface area contributed by atoms with E-state index in [9.17, 15) is 14.4 Å². The second-order valence-electron chi connectivity index (χ2n) is 7.81. The quantitative estimate of drug-likeness (QED) is 0.238. The van der Waals surface area contributed by atoms with Crippen molar-refractivity contribution in [2.45, 2.75) is 13.1 Å². The van der Waals surface area contributed by atoms with Gasteiger partial charge in [0.1, 0.15) is 44.4 Å². The molecule has 0 bridgehead atoms. The lowest BCUT2D eigenvalue weighted by Crippen LogP contribution is -2.42. The van der Waals surface area contributed by atoms with Gasteiger partial charge in [0.05, 0.1) is 26.2 Å². The third-order valence-corrected chi connectivity index (χ3v) is 5.01. The number of hydrogen-bond donors (Lipinski definition) is 1. The molecule has 10 heteroatoms. The molecule has 1 amide bonds. The molecule has 33 heavy (non-hydrogen) atoms. The van der Waals surface area contributed by atoms with Crippen LogP contribution in [-0.2, 0) is 41.5 Å². The molecule has 2 aromatic heterocycles. The minimum absolute atomic E-state index is 0.126. The normalized spacial score (nSPS) is 10.9. The summed E-state index contributed by atoms with van der Waals surface area (Å²) >= 11 is 0. The molecule has 0 atom stereocenters. The Morgan fingerprint density at radius 1 is 0.939 bits per heavy atom. The molecule has 174 valence electrons. The van der Waals surface area contributed by atoms with E-state index < -0.39 is 11.9 Å². The maximum Gasteiger partial charge on any atom is 0.345 e. The highest BCUT2D eigenvalue weighted by Crippen LogP contribution is 2.01. The Balaban J connectivity index is 1.48. The minimum atomic E-state index is -0.802. The molecule has 0 aliphatic carbocycles. The van der Waals surface area contributed by atoms with Crippen LogP contribution in [0.5, 0.6) is 0 Å². The largest absolute Gasteiger partial charge is 0.388 e. The predicted molar refractivity (Wildman–Crippen MR) is 118 cm³/mol. The topological polar surface area (TPSA) is 93.3 Å². The van der Waals surface area contributed by atoms with Gasteiger partial charge in [-0.15, -0.1) is 0 Å². The highest BCUT2D eigenvalue weighted by atomic mass is 16.6. The van der Waals surface area contributed by atoms with Gasteiger partial charge in [-0.3, -0.25) is 9.69 Å². The van der Waals surface area contributed by atoms with Gasteiger partial charge in [-0.1, -0.05) is 18.2 Å². The number of amides is 1. The van der Waals surface area contributed by atoms with E-state index in [1.165, 1.54) is 0 Å². The summed E-state index contributed by atoms with van der Waals surface area (Å²) in [7, 11) is 3.91. The Labute approximate surface area is 192 Å². The van der Waals surface area contributed by atoms with Crippen LogP contribution < -0.4 is 14.5 Å². The van der Waals surface area contributed by atoms with Crippen molar-refractivity contribution in [1.82, 2.24) is 19.4 Å². The molecule has 10 nitrogen and oxygen atoms in total. The van der Waals surface area contributed by atoms with Crippen LogP contribution in [-0.4, -0.2) is 58.1 Å². The monoisotopic (exact) mass is 454 g/mol. The maximum absolute atomic E-state index is 12.5. The number of aromatic nitrogens is 4. The van der Waals surface area contributed by atoms with Crippen molar-refractivity contribution < 1.29 is 28.3 Å². The molecule has 0 spiro atoms. The van der Waals surface area contributed by atoms with Crippen molar-refractivity contribution in [3.8, 4) is 0 Å². The van der Waals surface area contributed by atoms with Crippen molar-refractivity contribution >= 4 is 17.8 Å². The molecule has 2 heterocycles. The molecule has 0 fully saturated rings. The molecular weight excluding hydrogens is 424 g/mol. The highest BCUT2D eigenvalue weighted by molar-refractivity contribution is 5.97. The van der Waals surface area contributed by atoms with Crippen molar-refractivity contribution in [2.24, 2.45) is 14.1 Å². The summed E-state index contributed by atoms with van der Waals surface area (Å²) in [5.41, 5.74) is 0.278. The lowest BCUT2D eigenvalue weighted by atomic mass is 10.2. The molecular formula is C23H30N6O4+2. The zero-order chi connectivity index (χ0) is 23.6. The number of nitrogens with zero attached hydrogens (tertiary/aromatic N) is 5. The summed E-state index contributed by atoms with van der Waals surface area (Å²) < 4.78 is 12.8. The maximum atomic E-state index is 12.5. The number of aryl methyl sites for hydroxylation is 2. The number of nitrogens with one attached hydrogen (secondary N) is 1. The molecule has 3 rings (SSSR count). The Morgan fingerprint density at radius 2 is 1.52 bits per heavy atom. The fraction of sp³-hybridized carbons (Fsp3) is 0.348. The van der Waals surface area contributed by atoms with Crippen LogP contribution >= 0.6 is 0 Å². The van der Waals surface area contributed by atoms with Crippen LogP contribution in [0.25, 0.3) is 0 Å². The molecule has 3 aromatic rings. The van der Waals surface area contributed by atoms with Gasteiger partial charge < -0.3 is 10.1 Å². The van der Waals surface area contributed by atoms with E-state index in [0.717, 1.165) is 13.1 Å². The van der Waals surface area contributed by atoms with E-state index in [4.69, 9.17) is 4.74 Å². The summed E-state index contributed by atoms with van der Waals surface area (Å²) in [6, 6.07) is 8.23. The fourth-order valence-corrected chi connectivity index (χ4v) is 3.25. The standard InChI is InChI=1S/C23H29N6O4/c1-25-8-10-28(18-25)14-12-27(13-15-29-11-9-26(2)19-29)17-21(30)24-16-22(31)33-23(32)20-6-4-3-5-7-20/h3-11,18-19H,12-17H2,1-2H3/q+1/p+1. The minimum Gasteiger partial charge on any atom is -0.388 e. The zero-order valence-corrected chi connectivity index (χ0v) is 19.0. The summed E-state index contributed by atoms with van der Waals surface area (Å²) in [6.45, 7) is 2.52. The van der Waals surface area contributed by atoms with E-state index in [0.29, 0.717) is 13.1 Å². The van der Waals surface area contributed by atoms with Crippen LogP contribution in [0.4, 0.5) is 0 Å². The molecule has 0 saturated carbocycles. The first kappa shape index (κ1) is 23.9. The third kappa shape index (κ3) is 8.00. The molecule has 0 saturated heterocycles. The fourth-order valence-electron chi connectivity index (χ4n) is 3.25. The van der Waals surface area contributed by atoms with Gasteiger partial charge in [-0.2, -0.15) is 0 Å². The number of rotatable bonds is 11. The van der Waals surface area contributed by atoms with Crippen LogP contribution in [0.3, 0.4) is 0 Å². The van der Waals surface area contributed by atoms with Crippen molar-refractivity contribution in [3.63, 3.8) is 0 Å². The first-order chi connectivity index (χ1) is 15.9. The number of hydrogen-bond acceptors (Lipinski definition) is 5. The van der Waals surface area contributed by atoms with Crippen LogP contribution in [0.2, 0.25) is 0 Å². The number of esters is 2. The SMILES string of the molecule is C[n+]1ccn(CCN(CCn2cc[n+](C)c2)CC(=O)NCC(=O)OC(=O)c2ccccc2)c1. The van der Waals surface area contributed by atoms with Crippen LogP contribution in [0.1, 0.15) is 10.4 Å². The lowest BCUT2D eigenvalue weighted by Gasteiger charge is -2.20. The molecule has 0 aliphatic heterocycles. The van der Waals surface area contributed by atoms with Gasteiger partial charge in [0.25, 0.3) is 0 Å². The second kappa shape index (κ2) is 11.7. The van der Waals surface area contributed by atoms with Crippen LogP contribution in [0.15, 0.2) is 67.8 Å². The van der Waals surface area contributed by atoms with Crippen molar-refractivity contribution in [3.05, 3.63) is 73.3 Å². The molecule has 0 aliphatic rings. The van der Waals surface area contributed by atoms with Crippen molar-refractivity contribution in [1.29, 1.82) is 0 Å². The Bertz CT molecular complexity index is 1030.